The number of nitrogens with zero attached hydrogens (tertiary/aromatic N) is 3. The minimum absolute atomic E-state index is 0.0585. The zero-order chi connectivity index (χ0) is 18.0. The van der Waals surface area contributed by atoms with E-state index in [9.17, 15) is 9.59 Å². The van der Waals surface area contributed by atoms with E-state index in [2.05, 4.69) is 10.1 Å². The lowest BCUT2D eigenvalue weighted by molar-refractivity contribution is 0.0688. The molecular weight excluding hydrogens is 320 g/mol. The minimum Gasteiger partial charge on any atom is -0.463 e. The zero-order valence-corrected chi connectivity index (χ0v) is 14.4. The summed E-state index contributed by atoms with van der Waals surface area (Å²) in [6.07, 6.45) is 5.10. The molecule has 3 aromatic heterocycles. The molecular formula is C18H20N4O3. The molecule has 0 aliphatic rings. The van der Waals surface area contributed by atoms with Crippen molar-refractivity contribution in [2.45, 2.75) is 26.4 Å². The summed E-state index contributed by atoms with van der Waals surface area (Å²) in [5, 5.41) is 4.12. The Hall–Kier alpha value is -3.09. The maximum absolute atomic E-state index is 12.9. The van der Waals surface area contributed by atoms with E-state index in [0.717, 1.165) is 5.56 Å². The van der Waals surface area contributed by atoms with E-state index in [1.54, 1.807) is 34.0 Å². The average Bonchev–Trinajstić information content (AvgIpc) is 3.23. The summed E-state index contributed by atoms with van der Waals surface area (Å²) in [6.45, 7) is 4.23. The Bertz CT molecular complexity index is 922. The lowest BCUT2D eigenvalue weighted by Crippen LogP contribution is -2.39. The minimum atomic E-state index is -0.435. The SMILES string of the molecule is CC(C)N(Cc1cnn(C)c1)C(=O)c1ccc(-c2ccco2)[nH]c1=O. The summed E-state index contributed by atoms with van der Waals surface area (Å²) >= 11 is 0. The number of carbonyl (C=O) groups is 1. The highest BCUT2D eigenvalue weighted by atomic mass is 16.3. The molecule has 0 fully saturated rings. The Morgan fingerprint density at radius 3 is 2.72 bits per heavy atom. The molecule has 3 heterocycles. The standard InChI is InChI=1S/C18H20N4O3/c1-12(2)22(11-13-9-19-21(3)10-13)18(24)14-6-7-15(20-17(14)23)16-5-4-8-25-16/h4-10,12H,11H2,1-3H3,(H,20,23). The van der Waals surface area contributed by atoms with Crippen LogP contribution in [0.15, 0.2) is 52.1 Å². The predicted octanol–water partition coefficient (Wildman–Crippen LogP) is 2.42. The first-order valence-corrected chi connectivity index (χ1v) is 8.01. The van der Waals surface area contributed by atoms with E-state index >= 15 is 0 Å². The highest BCUT2D eigenvalue weighted by Gasteiger charge is 2.22. The van der Waals surface area contributed by atoms with Gasteiger partial charge in [0.1, 0.15) is 11.3 Å². The number of pyridine rings is 1. The lowest BCUT2D eigenvalue weighted by Gasteiger charge is -2.26. The van der Waals surface area contributed by atoms with Crippen molar-refractivity contribution in [1.82, 2.24) is 19.7 Å². The first-order valence-electron chi connectivity index (χ1n) is 8.01. The third kappa shape index (κ3) is 3.55. The molecule has 0 radical (unpaired) electrons. The van der Waals surface area contributed by atoms with E-state index < -0.39 is 5.56 Å². The van der Waals surface area contributed by atoms with Crippen LogP contribution in [0.1, 0.15) is 29.8 Å². The number of hydrogen-bond acceptors (Lipinski definition) is 4. The van der Waals surface area contributed by atoms with E-state index in [-0.39, 0.29) is 17.5 Å². The number of carbonyl (C=O) groups excluding carboxylic acids is 1. The maximum Gasteiger partial charge on any atom is 0.261 e. The monoisotopic (exact) mass is 340 g/mol. The quantitative estimate of drug-likeness (QED) is 0.773. The molecule has 3 rings (SSSR count). The molecule has 1 N–H and O–H groups in total. The number of H-pyrrole nitrogens is 1. The molecule has 0 unspecified atom stereocenters. The number of furan rings is 1. The second-order valence-electron chi connectivity index (χ2n) is 6.14. The van der Waals surface area contributed by atoms with Gasteiger partial charge < -0.3 is 14.3 Å². The Labute approximate surface area is 144 Å². The van der Waals surface area contributed by atoms with Crippen LogP contribution in [0.4, 0.5) is 0 Å². The van der Waals surface area contributed by atoms with Gasteiger partial charge in [-0.1, -0.05) is 0 Å². The third-order valence-corrected chi connectivity index (χ3v) is 3.92. The van der Waals surface area contributed by atoms with Gasteiger partial charge in [0.05, 0.1) is 18.2 Å². The molecule has 0 aliphatic carbocycles. The van der Waals surface area contributed by atoms with E-state index in [1.807, 2.05) is 27.1 Å². The van der Waals surface area contributed by atoms with Gasteiger partial charge in [0.15, 0.2) is 0 Å². The van der Waals surface area contributed by atoms with Gasteiger partial charge in [-0.2, -0.15) is 5.10 Å². The molecule has 0 saturated heterocycles. The highest BCUT2D eigenvalue weighted by Crippen LogP contribution is 2.17. The molecule has 130 valence electrons. The summed E-state index contributed by atoms with van der Waals surface area (Å²) in [6, 6.07) is 6.64. The van der Waals surface area contributed by atoms with Crippen molar-refractivity contribution in [2.24, 2.45) is 7.05 Å². The van der Waals surface area contributed by atoms with Gasteiger partial charge in [-0.3, -0.25) is 14.3 Å². The number of aromatic nitrogens is 3. The maximum atomic E-state index is 12.9. The van der Waals surface area contributed by atoms with Crippen LogP contribution in [0.3, 0.4) is 0 Å². The van der Waals surface area contributed by atoms with Gasteiger partial charge >= 0.3 is 0 Å². The van der Waals surface area contributed by atoms with Crippen LogP contribution in [-0.4, -0.2) is 31.6 Å². The first-order chi connectivity index (χ1) is 12.0. The molecule has 7 nitrogen and oxygen atoms in total. The van der Waals surface area contributed by atoms with Gasteiger partial charge in [0.2, 0.25) is 0 Å². The Morgan fingerprint density at radius 2 is 2.16 bits per heavy atom. The van der Waals surface area contributed by atoms with Crippen LogP contribution in [0, 0.1) is 0 Å². The van der Waals surface area contributed by atoms with Crippen LogP contribution < -0.4 is 5.56 Å². The van der Waals surface area contributed by atoms with Gasteiger partial charge in [-0.15, -0.1) is 0 Å². The smallest absolute Gasteiger partial charge is 0.261 e. The van der Waals surface area contributed by atoms with Crippen LogP contribution in [0.2, 0.25) is 0 Å². The van der Waals surface area contributed by atoms with Crippen LogP contribution >= 0.6 is 0 Å². The summed E-state index contributed by atoms with van der Waals surface area (Å²) < 4.78 is 6.95. The number of hydrogen-bond donors (Lipinski definition) is 1. The third-order valence-electron chi connectivity index (χ3n) is 3.92. The van der Waals surface area contributed by atoms with Crippen molar-refractivity contribution in [2.75, 3.05) is 0 Å². The average molecular weight is 340 g/mol. The Kier molecular flexibility index (Phi) is 4.56. The molecule has 0 saturated carbocycles. The number of nitrogens with one attached hydrogen (secondary N) is 1. The normalized spacial score (nSPS) is 11.0. The number of aromatic amines is 1. The van der Waals surface area contributed by atoms with Crippen molar-refractivity contribution in [1.29, 1.82) is 0 Å². The summed E-state index contributed by atoms with van der Waals surface area (Å²) in [7, 11) is 1.82. The molecule has 0 spiro atoms. The van der Waals surface area contributed by atoms with Crippen molar-refractivity contribution >= 4 is 5.91 Å². The van der Waals surface area contributed by atoms with Crippen molar-refractivity contribution in [3.8, 4) is 11.5 Å². The van der Waals surface area contributed by atoms with E-state index in [0.29, 0.717) is 18.0 Å². The predicted molar refractivity (Wildman–Crippen MR) is 93.0 cm³/mol. The molecule has 25 heavy (non-hydrogen) atoms. The summed E-state index contributed by atoms with van der Waals surface area (Å²) in [5.41, 5.74) is 1.12. The van der Waals surface area contributed by atoms with Crippen molar-refractivity contribution in [3.63, 3.8) is 0 Å². The molecule has 0 bridgehead atoms. The summed E-state index contributed by atoms with van der Waals surface area (Å²) in [4.78, 5) is 29.6. The van der Waals surface area contributed by atoms with Gasteiger partial charge in [0, 0.05) is 31.4 Å². The van der Waals surface area contributed by atoms with Crippen LogP contribution in [-0.2, 0) is 13.6 Å². The number of aryl methyl sites for hydroxylation is 1. The van der Waals surface area contributed by atoms with Crippen molar-refractivity contribution in [3.05, 3.63) is 64.4 Å². The Morgan fingerprint density at radius 1 is 1.36 bits per heavy atom. The van der Waals surface area contributed by atoms with E-state index in [1.165, 1.54) is 12.3 Å². The number of amides is 1. The van der Waals surface area contributed by atoms with Gasteiger partial charge in [0.25, 0.3) is 11.5 Å². The number of rotatable bonds is 5. The Balaban J connectivity index is 1.88. The second kappa shape index (κ2) is 6.80. The van der Waals surface area contributed by atoms with Crippen LogP contribution in [0.25, 0.3) is 11.5 Å². The van der Waals surface area contributed by atoms with Crippen LogP contribution in [0.5, 0.6) is 0 Å². The molecule has 3 aromatic rings. The topological polar surface area (TPSA) is 84.1 Å². The fourth-order valence-corrected chi connectivity index (χ4v) is 2.61. The highest BCUT2D eigenvalue weighted by molar-refractivity contribution is 5.94. The summed E-state index contributed by atoms with van der Waals surface area (Å²) in [5.74, 6) is 0.235. The van der Waals surface area contributed by atoms with E-state index in [4.69, 9.17) is 4.42 Å². The molecule has 0 aliphatic heterocycles. The first kappa shape index (κ1) is 16.8. The fraction of sp³-hybridized carbons (Fsp3) is 0.278. The second-order valence-corrected chi connectivity index (χ2v) is 6.14. The molecule has 0 atom stereocenters. The zero-order valence-electron chi connectivity index (χ0n) is 14.4. The van der Waals surface area contributed by atoms with Gasteiger partial charge in [-0.25, -0.2) is 0 Å². The lowest BCUT2D eigenvalue weighted by atomic mass is 10.1. The van der Waals surface area contributed by atoms with Gasteiger partial charge in [-0.05, 0) is 38.1 Å². The van der Waals surface area contributed by atoms with Crippen molar-refractivity contribution < 1.29 is 9.21 Å². The fourth-order valence-electron chi connectivity index (χ4n) is 2.61. The molecule has 0 aromatic carbocycles. The largest absolute Gasteiger partial charge is 0.463 e. The molecule has 1 amide bonds. The molecule has 7 heteroatoms.